The smallest absolute Gasteiger partial charge is 0.358 e. The van der Waals surface area contributed by atoms with Gasteiger partial charge in [0, 0.05) is 12.7 Å². The van der Waals surface area contributed by atoms with Crippen molar-refractivity contribution in [1.82, 2.24) is 4.98 Å². The number of aromatic nitrogens is 1. The molecule has 0 aromatic carbocycles. The molecule has 2 atom stereocenters. The van der Waals surface area contributed by atoms with E-state index in [0.29, 0.717) is 5.75 Å². The van der Waals surface area contributed by atoms with Crippen LogP contribution in [0.3, 0.4) is 0 Å². The maximum Gasteiger partial charge on any atom is 0.358 e. The average molecular weight is 319 g/mol. The monoisotopic (exact) mass is 319 g/mol. The number of thiazole rings is 1. The Kier molecular flexibility index (Phi) is 7.14. The molecule has 0 saturated heterocycles. The molecule has 1 rings (SSSR count). The highest BCUT2D eigenvalue weighted by atomic mass is 32.2. The highest BCUT2D eigenvalue weighted by Gasteiger charge is 2.27. The Morgan fingerprint density at radius 3 is 2.80 bits per heavy atom. The molecule has 2 N–H and O–H groups in total. The van der Waals surface area contributed by atoms with Crippen LogP contribution in [0, 0.1) is 0 Å². The number of carbonyl (C=O) groups excluding carboxylic acids is 2. The fourth-order valence-electron chi connectivity index (χ4n) is 1.47. The molecular formula is C12H17NO5S2. The quantitative estimate of drug-likeness (QED) is 0.733. The van der Waals surface area contributed by atoms with Gasteiger partial charge in [0.05, 0.1) is 23.1 Å². The molecule has 20 heavy (non-hydrogen) atoms. The summed E-state index contributed by atoms with van der Waals surface area (Å²) < 4.78 is 4.83. The lowest BCUT2D eigenvalue weighted by atomic mass is 10.1. The third-order valence-electron chi connectivity index (χ3n) is 2.42. The molecule has 1 heterocycles. The van der Waals surface area contributed by atoms with E-state index in [4.69, 9.17) is 4.74 Å². The van der Waals surface area contributed by atoms with Gasteiger partial charge < -0.3 is 14.9 Å². The van der Waals surface area contributed by atoms with Crippen molar-refractivity contribution in [2.24, 2.45) is 0 Å². The first-order valence-electron chi connectivity index (χ1n) is 6.07. The molecule has 0 saturated carbocycles. The van der Waals surface area contributed by atoms with E-state index in [1.54, 1.807) is 6.92 Å². The van der Waals surface area contributed by atoms with E-state index in [0.717, 1.165) is 23.1 Å². The first kappa shape index (κ1) is 17.1. The maximum atomic E-state index is 11.6. The summed E-state index contributed by atoms with van der Waals surface area (Å²) in [4.78, 5) is 26.6. The van der Waals surface area contributed by atoms with Gasteiger partial charge in [0.2, 0.25) is 0 Å². The zero-order valence-corrected chi connectivity index (χ0v) is 12.9. The van der Waals surface area contributed by atoms with Crippen LogP contribution < -0.4 is 0 Å². The number of ether oxygens (including phenoxy) is 1. The summed E-state index contributed by atoms with van der Waals surface area (Å²) in [7, 11) is 0. The summed E-state index contributed by atoms with van der Waals surface area (Å²) in [6.45, 7) is 3.33. The molecular weight excluding hydrogens is 302 g/mol. The number of hydrogen-bond donors (Lipinski definition) is 2. The Hall–Kier alpha value is -0.960. The lowest BCUT2D eigenvalue weighted by molar-refractivity contribution is -0.109. The first-order valence-corrected chi connectivity index (χ1v) is 7.93. The number of hydrogen-bond acceptors (Lipinski definition) is 8. The van der Waals surface area contributed by atoms with E-state index in [1.165, 1.54) is 12.4 Å². The summed E-state index contributed by atoms with van der Waals surface area (Å²) >= 11 is 2.16. The molecule has 8 heteroatoms. The van der Waals surface area contributed by atoms with Gasteiger partial charge in [-0.3, -0.25) is 4.79 Å². The molecule has 0 aliphatic heterocycles. The Bertz CT molecular complexity index is 462. The number of aliphatic hydroxyl groups is 2. The number of thioether (sulfide) groups is 1. The molecule has 2 unspecified atom stereocenters. The van der Waals surface area contributed by atoms with Crippen LogP contribution in [0.1, 0.15) is 41.7 Å². The molecule has 112 valence electrons. The van der Waals surface area contributed by atoms with Gasteiger partial charge in [0.15, 0.2) is 10.8 Å². The van der Waals surface area contributed by atoms with Crippen LogP contribution in [0.5, 0.6) is 0 Å². The summed E-state index contributed by atoms with van der Waals surface area (Å²) in [5, 5.41) is 19.9. The fraction of sp³-hybridized carbons (Fsp3) is 0.583. The van der Waals surface area contributed by atoms with Crippen LogP contribution in [-0.2, 0) is 9.53 Å². The van der Waals surface area contributed by atoms with E-state index in [-0.39, 0.29) is 28.7 Å². The van der Waals surface area contributed by atoms with Gasteiger partial charge >= 0.3 is 5.97 Å². The van der Waals surface area contributed by atoms with Crippen LogP contribution >= 0.6 is 23.1 Å². The van der Waals surface area contributed by atoms with Gasteiger partial charge in [-0.15, -0.1) is 11.3 Å². The molecule has 0 amide bonds. The molecule has 6 nitrogen and oxygen atoms in total. The predicted molar refractivity (Wildman–Crippen MR) is 76.8 cm³/mol. The highest BCUT2D eigenvalue weighted by molar-refractivity contribution is 8.13. The van der Waals surface area contributed by atoms with Gasteiger partial charge in [-0.25, -0.2) is 9.78 Å². The van der Waals surface area contributed by atoms with Crippen molar-refractivity contribution in [2.75, 3.05) is 12.4 Å². The molecule has 0 spiro atoms. The van der Waals surface area contributed by atoms with E-state index in [1.807, 2.05) is 0 Å². The summed E-state index contributed by atoms with van der Waals surface area (Å²) in [5.74, 6) is -0.214. The third kappa shape index (κ3) is 4.86. The molecule has 0 aliphatic rings. The maximum absolute atomic E-state index is 11.6. The van der Waals surface area contributed by atoms with Gasteiger partial charge in [0.25, 0.3) is 0 Å². The normalized spacial score (nSPS) is 13.8. The Labute approximate surface area is 125 Å². The largest absolute Gasteiger partial charge is 0.461 e. The molecule has 1 aromatic heterocycles. The van der Waals surface area contributed by atoms with Gasteiger partial charge in [-0.1, -0.05) is 11.8 Å². The second kappa shape index (κ2) is 8.35. The summed E-state index contributed by atoms with van der Waals surface area (Å²) in [5.41, 5.74) is 1.45. The molecule has 1 aromatic rings. The molecule has 0 bridgehead atoms. The van der Waals surface area contributed by atoms with Gasteiger partial charge in [0.1, 0.15) is 6.10 Å². The van der Waals surface area contributed by atoms with Gasteiger partial charge in [-0.2, -0.15) is 0 Å². The minimum absolute atomic E-state index is 0.0302. The highest BCUT2D eigenvalue weighted by Crippen LogP contribution is 2.27. The van der Waals surface area contributed by atoms with E-state index in [9.17, 15) is 19.8 Å². The first-order chi connectivity index (χ1) is 9.47. The summed E-state index contributed by atoms with van der Waals surface area (Å²) in [6, 6.07) is 0. The number of rotatable bonds is 7. The van der Waals surface area contributed by atoms with Crippen LogP contribution in [0.25, 0.3) is 0 Å². The fourth-order valence-corrected chi connectivity index (χ4v) is 2.94. The lowest BCUT2D eigenvalue weighted by Gasteiger charge is -2.16. The standard InChI is InChI=1S/C12H17NO5S2/c1-3-18-12(17)9-11(20-6-13-9)10(16)8(15)4-5-19-7(2)14/h6,8,10,15-16H,3-5H2,1-2H3. The van der Waals surface area contributed by atoms with E-state index < -0.39 is 18.2 Å². The van der Waals surface area contributed by atoms with Gasteiger partial charge in [-0.05, 0) is 13.3 Å². The topological polar surface area (TPSA) is 96.7 Å². The van der Waals surface area contributed by atoms with Crippen molar-refractivity contribution < 1.29 is 24.5 Å². The van der Waals surface area contributed by atoms with Crippen molar-refractivity contribution in [3.8, 4) is 0 Å². The zero-order chi connectivity index (χ0) is 15.1. The molecule has 0 aliphatic carbocycles. The Morgan fingerprint density at radius 2 is 2.20 bits per heavy atom. The summed E-state index contributed by atoms with van der Waals surface area (Å²) in [6.07, 6.45) is -2.03. The Balaban J connectivity index is 2.67. The number of aliphatic hydroxyl groups excluding tert-OH is 2. The van der Waals surface area contributed by atoms with Crippen molar-refractivity contribution in [1.29, 1.82) is 0 Å². The van der Waals surface area contributed by atoms with Crippen molar-refractivity contribution >= 4 is 34.2 Å². The second-order valence-electron chi connectivity index (χ2n) is 3.93. The number of carbonyl (C=O) groups is 2. The predicted octanol–water partition coefficient (Wildman–Crippen LogP) is 1.38. The lowest BCUT2D eigenvalue weighted by Crippen LogP contribution is -2.21. The van der Waals surface area contributed by atoms with E-state index >= 15 is 0 Å². The minimum atomic E-state index is -1.21. The zero-order valence-electron chi connectivity index (χ0n) is 11.2. The number of nitrogens with zero attached hydrogens (tertiary/aromatic N) is 1. The third-order valence-corrected chi connectivity index (χ3v) is 4.16. The SMILES string of the molecule is CCOC(=O)c1ncsc1C(O)C(O)CCSC(C)=O. The number of esters is 1. The molecule has 0 fully saturated rings. The average Bonchev–Trinajstić information content (AvgIpc) is 2.86. The minimum Gasteiger partial charge on any atom is -0.461 e. The van der Waals surface area contributed by atoms with E-state index in [2.05, 4.69) is 4.98 Å². The second-order valence-corrected chi connectivity index (χ2v) is 6.08. The molecule has 0 radical (unpaired) electrons. The van der Waals surface area contributed by atoms with Crippen LogP contribution in [-0.4, -0.2) is 44.7 Å². The van der Waals surface area contributed by atoms with Crippen molar-refractivity contribution in [3.05, 3.63) is 16.1 Å². The Morgan fingerprint density at radius 1 is 1.50 bits per heavy atom. The van der Waals surface area contributed by atoms with Crippen molar-refractivity contribution in [2.45, 2.75) is 32.5 Å². The van der Waals surface area contributed by atoms with Crippen LogP contribution in [0.2, 0.25) is 0 Å². The van der Waals surface area contributed by atoms with Crippen LogP contribution in [0.4, 0.5) is 0 Å². The van der Waals surface area contributed by atoms with Crippen molar-refractivity contribution in [3.63, 3.8) is 0 Å². The van der Waals surface area contributed by atoms with Crippen LogP contribution in [0.15, 0.2) is 5.51 Å².